The average molecular weight is 542 g/mol. The summed E-state index contributed by atoms with van der Waals surface area (Å²) in [6, 6.07) is 10.6. The van der Waals surface area contributed by atoms with Crippen LogP contribution in [0, 0.1) is 6.92 Å². The molecule has 11 heteroatoms. The Labute approximate surface area is 231 Å². The molecule has 0 unspecified atom stereocenters. The summed E-state index contributed by atoms with van der Waals surface area (Å²) in [6.07, 6.45) is 4.61. The molecule has 3 heterocycles. The predicted octanol–water partition coefficient (Wildman–Crippen LogP) is 2.28. The van der Waals surface area contributed by atoms with Gasteiger partial charge in [-0.15, -0.1) is 0 Å². The zero-order chi connectivity index (χ0) is 27.5. The van der Waals surface area contributed by atoms with E-state index in [9.17, 15) is 4.79 Å². The van der Waals surface area contributed by atoms with Crippen LogP contribution in [-0.2, 0) is 25.5 Å². The average Bonchev–Trinajstić information content (AvgIpc) is 3.48. The number of carbonyl (C=O) groups excluding carboxylic acids is 1. The molecule has 0 spiro atoms. The number of ether oxygens (including phenoxy) is 3. The Morgan fingerprint density at radius 2 is 1.79 bits per heavy atom. The van der Waals surface area contributed by atoms with Crippen LogP contribution in [-0.4, -0.2) is 86.3 Å². The lowest BCUT2D eigenvalue weighted by Crippen LogP contribution is -2.50. The van der Waals surface area contributed by atoms with Gasteiger partial charge in [0.1, 0.15) is 19.4 Å². The number of nitrogens with zero attached hydrogens (tertiary/aromatic N) is 5. The van der Waals surface area contributed by atoms with Gasteiger partial charge in [0.05, 0.1) is 19.6 Å². The van der Waals surface area contributed by atoms with Crippen molar-refractivity contribution >= 4 is 23.4 Å². The molecular weight excluding hydrogens is 498 g/mol. The van der Waals surface area contributed by atoms with Gasteiger partial charge in [0, 0.05) is 62.8 Å². The number of nitrogens with two attached hydrogens (primary N) is 2. The van der Waals surface area contributed by atoms with E-state index < -0.39 is 0 Å². The summed E-state index contributed by atoms with van der Waals surface area (Å²) in [5.41, 5.74) is 14.5. The van der Waals surface area contributed by atoms with Crippen LogP contribution < -0.4 is 21.3 Å². The number of nitrogen functional groups attached to an aromatic ring is 1. The Morgan fingerprint density at radius 1 is 1.03 bits per heavy atom. The Hall–Kier alpha value is -2.99. The van der Waals surface area contributed by atoms with E-state index in [4.69, 9.17) is 25.7 Å². The van der Waals surface area contributed by atoms with Crippen LogP contribution in [0.1, 0.15) is 43.4 Å². The molecule has 11 nitrogen and oxygen atoms in total. The van der Waals surface area contributed by atoms with Gasteiger partial charge in [-0.1, -0.05) is 12.1 Å². The largest absolute Gasteiger partial charge is 0.372 e. The van der Waals surface area contributed by atoms with Crippen molar-refractivity contribution in [3.05, 3.63) is 41.6 Å². The van der Waals surface area contributed by atoms with Crippen LogP contribution in [0.5, 0.6) is 0 Å². The van der Waals surface area contributed by atoms with Crippen LogP contribution >= 0.6 is 0 Å². The van der Waals surface area contributed by atoms with Crippen molar-refractivity contribution in [2.45, 2.75) is 51.6 Å². The fourth-order valence-corrected chi connectivity index (χ4v) is 5.25. The minimum Gasteiger partial charge on any atom is -0.372 e. The van der Waals surface area contributed by atoms with E-state index in [1.54, 1.807) is 0 Å². The lowest BCUT2D eigenvalue weighted by Gasteiger charge is -2.40. The Bertz CT molecular complexity index is 1030. The summed E-state index contributed by atoms with van der Waals surface area (Å²) in [4.78, 5) is 28.9. The molecule has 1 aromatic heterocycles. The van der Waals surface area contributed by atoms with Crippen molar-refractivity contribution in [2.24, 2.45) is 5.73 Å². The van der Waals surface area contributed by atoms with Gasteiger partial charge in [-0.2, -0.15) is 4.98 Å². The number of benzene rings is 1. The molecule has 0 saturated carbocycles. The van der Waals surface area contributed by atoms with E-state index in [0.717, 1.165) is 49.6 Å². The lowest BCUT2D eigenvalue weighted by atomic mass is 10.0. The molecule has 0 aliphatic carbocycles. The minimum atomic E-state index is 0.0408. The molecule has 2 aliphatic heterocycles. The van der Waals surface area contributed by atoms with Crippen LogP contribution in [0.15, 0.2) is 30.3 Å². The number of aryl methyl sites for hydroxylation is 1. The van der Waals surface area contributed by atoms with Gasteiger partial charge in [-0.25, -0.2) is 4.98 Å². The molecule has 214 valence electrons. The van der Waals surface area contributed by atoms with Gasteiger partial charge < -0.3 is 40.4 Å². The van der Waals surface area contributed by atoms with Gasteiger partial charge in [0.15, 0.2) is 0 Å². The summed E-state index contributed by atoms with van der Waals surface area (Å²) in [5, 5.41) is 0. The molecule has 2 aliphatic rings. The summed E-state index contributed by atoms with van der Waals surface area (Å²) >= 11 is 0. The number of anilines is 3. The van der Waals surface area contributed by atoms with Crippen molar-refractivity contribution in [3.63, 3.8) is 0 Å². The number of carbonyl (C=O) groups is 1. The molecule has 1 aromatic carbocycles. The first kappa shape index (κ1) is 29.0. The summed E-state index contributed by atoms with van der Waals surface area (Å²) in [5.74, 6) is 1.14. The number of piperidine rings is 1. The van der Waals surface area contributed by atoms with E-state index >= 15 is 0 Å². The van der Waals surface area contributed by atoms with Crippen molar-refractivity contribution in [3.8, 4) is 0 Å². The number of hydrogen-bond donors (Lipinski definition) is 2. The molecule has 0 bridgehead atoms. The maximum Gasteiger partial charge on any atom is 0.225 e. The second-order valence-corrected chi connectivity index (χ2v) is 10.1. The highest BCUT2D eigenvalue weighted by Crippen LogP contribution is 2.26. The third-order valence-corrected chi connectivity index (χ3v) is 7.13. The van der Waals surface area contributed by atoms with Crippen molar-refractivity contribution in [1.82, 2.24) is 14.9 Å². The van der Waals surface area contributed by atoms with E-state index in [2.05, 4.69) is 44.0 Å². The monoisotopic (exact) mass is 541 g/mol. The van der Waals surface area contributed by atoms with E-state index in [-0.39, 0.29) is 44.5 Å². The highest BCUT2D eigenvalue weighted by Gasteiger charge is 2.30. The standard InChI is InChI=1S/C28H43N7O4/c1-22-16-26(32-28(30)31-22)34-13-5-8-25(19-34)35(27(36)9-14-37-20-39-21-38-15-10-29)18-23-6-4-7-24(17-23)33-11-2-3-12-33/h4,6-7,16-17,25H,2-3,5,8-15,18-21,29H2,1H3,(H2,30,31,32)/t25-/m1/s1. The number of rotatable bonds is 14. The van der Waals surface area contributed by atoms with Crippen LogP contribution in [0.4, 0.5) is 17.5 Å². The molecule has 4 rings (SSSR count). The molecule has 0 radical (unpaired) electrons. The molecule has 1 amide bonds. The van der Waals surface area contributed by atoms with E-state index in [1.807, 2.05) is 17.9 Å². The van der Waals surface area contributed by atoms with Crippen molar-refractivity contribution < 1.29 is 19.0 Å². The maximum atomic E-state index is 13.6. The fraction of sp³-hybridized carbons (Fsp3) is 0.607. The number of hydrogen-bond acceptors (Lipinski definition) is 10. The molecule has 39 heavy (non-hydrogen) atoms. The highest BCUT2D eigenvalue weighted by atomic mass is 16.7. The van der Waals surface area contributed by atoms with Crippen LogP contribution in [0.25, 0.3) is 0 Å². The van der Waals surface area contributed by atoms with Crippen LogP contribution in [0.2, 0.25) is 0 Å². The van der Waals surface area contributed by atoms with Gasteiger partial charge in [-0.3, -0.25) is 4.79 Å². The second kappa shape index (κ2) is 15.0. The maximum absolute atomic E-state index is 13.6. The topological polar surface area (TPSA) is 132 Å². The first-order valence-electron chi connectivity index (χ1n) is 14.0. The zero-order valence-electron chi connectivity index (χ0n) is 23.1. The van der Waals surface area contributed by atoms with Gasteiger partial charge >= 0.3 is 0 Å². The van der Waals surface area contributed by atoms with Crippen molar-refractivity contribution in [2.75, 3.05) is 75.1 Å². The zero-order valence-corrected chi connectivity index (χ0v) is 23.1. The Kier molecular flexibility index (Phi) is 11.1. The molecule has 2 fully saturated rings. The SMILES string of the molecule is Cc1cc(N2CCC[C@@H](N(Cc3cccc(N4CCCC4)c3)C(=O)CCOCOCOCCN)C2)nc(N)n1. The number of aromatic nitrogens is 2. The Morgan fingerprint density at radius 3 is 2.56 bits per heavy atom. The summed E-state index contributed by atoms with van der Waals surface area (Å²) in [6.45, 7) is 7.54. The predicted molar refractivity (Wildman–Crippen MR) is 151 cm³/mol. The second-order valence-electron chi connectivity index (χ2n) is 10.1. The molecule has 1 atom stereocenters. The first-order chi connectivity index (χ1) is 19.0. The first-order valence-corrected chi connectivity index (χ1v) is 14.0. The van der Waals surface area contributed by atoms with Gasteiger partial charge in [0.2, 0.25) is 11.9 Å². The fourth-order valence-electron chi connectivity index (χ4n) is 5.25. The van der Waals surface area contributed by atoms with E-state index in [1.165, 1.54) is 18.5 Å². The normalized spacial score (nSPS) is 17.5. The van der Waals surface area contributed by atoms with E-state index in [0.29, 0.717) is 26.2 Å². The molecule has 4 N–H and O–H groups in total. The quantitative estimate of drug-likeness (QED) is 0.271. The van der Waals surface area contributed by atoms with Gasteiger partial charge in [0.25, 0.3) is 0 Å². The van der Waals surface area contributed by atoms with Gasteiger partial charge in [-0.05, 0) is 50.3 Å². The summed E-state index contributed by atoms with van der Waals surface area (Å²) in [7, 11) is 0. The Balaban J connectivity index is 1.43. The van der Waals surface area contributed by atoms with Crippen LogP contribution in [0.3, 0.4) is 0 Å². The third kappa shape index (κ3) is 8.76. The highest BCUT2D eigenvalue weighted by molar-refractivity contribution is 5.77. The van der Waals surface area contributed by atoms with Crippen molar-refractivity contribution in [1.29, 1.82) is 0 Å². The third-order valence-electron chi connectivity index (χ3n) is 7.13. The smallest absolute Gasteiger partial charge is 0.225 e. The minimum absolute atomic E-state index is 0.0408. The summed E-state index contributed by atoms with van der Waals surface area (Å²) < 4.78 is 16.0. The lowest BCUT2D eigenvalue weighted by molar-refractivity contribution is -0.143. The molecular formula is C28H43N7O4. The number of amides is 1. The molecule has 2 saturated heterocycles. The molecule has 2 aromatic rings.